The van der Waals surface area contributed by atoms with Gasteiger partial charge in [0.05, 0.1) is 18.8 Å². The van der Waals surface area contributed by atoms with Gasteiger partial charge in [-0.3, -0.25) is 0 Å². The third kappa shape index (κ3) is 3.84. The lowest BCUT2D eigenvalue weighted by Crippen LogP contribution is -2.57. The van der Waals surface area contributed by atoms with Gasteiger partial charge < -0.3 is 14.4 Å². The van der Waals surface area contributed by atoms with Crippen LogP contribution in [-0.2, 0) is 11.2 Å². The topological polar surface area (TPSA) is 51.7 Å². The molecular formula is C15H20F2N2O3. The van der Waals surface area contributed by atoms with Crippen LogP contribution in [0.25, 0.3) is 0 Å². The predicted molar refractivity (Wildman–Crippen MR) is 75.8 cm³/mol. The van der Waals surface area contributed by atoms with Crippen molar-refractivity contribution in [1.29, 1.82) is 0 Å². The zero-order chi connectivity index (χ0) is 16.5. The van der Waals surface area contributed by atoms with Crippen LogP contribution in [0, 0.1) is 11.6 Å². The molecule has 1 aliphatic heterocycles. The van der Waals surface area contributed by atoms with Gasteiger partial charge in [-0.1, -0.05) is 6.92 Å². The normalized spacial score (nSPS) is 15.5. The fraction of sp³-hybridized carbons (Fsp3) is 0.600. The maximum absolute atomic E-state index is 13.6. The maximum Gasteiger partial charge on any atom is 0.410 e. The second-order valence-electron chi connectivity index (χ2n) is 6.18. The van der Waals surface area contributed by atoms with Crippen molar-refractivity contribution in [2.45, 2.75) is 45.8 Å². The van der Waals surface area contributed by atoms with Crippen LogP contribution in [0.15, 0.2) is 6.07 Å². The minimum absolute atomic E-state index is 0.153. The Morgan fingerprint density at radius 1 is 1.36 bits per heavy atom. The summed E-state index contributed by atoms with van der Waals surface area (Å²) in [4.78, 5) is 17.1. The average Bonchev–Trinajstić information content (AvgIpc) is 2.32. The van der Waals surface area contributed by atoms with E-state index in [0.29, 0.717) is 6.42 Å². The van der Waals surface area contributed by atoms with Crippen molar-refractivity contribution in [3.05, 3.63) is 23.4 Å². The van der Waals surface area contributed by atoms with Crippen LogP contribution < -0.4 is 4.74 Å². The molecular weight excluding hydrogens is 294 g/mol. The van der Waals surface area contributed by atoms with E-state index in [0.717, 1.165) is 6.07 Å². The van der Waals surface area contributed by atoms with Gasteiger partial charge in [-0.2, -0.15) is 0 Å². The van der Waals surface area contributed by atoms with Crippen molar-refractivity contribution in [1.82, 2.24) is 9.88 Å². The lowest BCUT2D eigenvalue weighted by Gasteiger charge is -2.39. The molecule has 1 amide bonds. The molecule has 0 spiro atoms. The van der Waals surface area contributed by atoms with E-state index in [2.05, 4.69) is 4.98 Å². The monoisotopic (exact) mass is 314 g/mol. The van der Waals surface area contributed by atoms with Gasteiger partial charge in [-0.05, 0) is 27.2 Å². The number of halogens is 2. The van der Waals surface area contributed by atoms with E-state index >= 15 is 0 Å². The number of carbonyl (C=O) groups excluding carboxylic acids is 1. The number of carbonyl (C=O) groups is 1. The highest BCUT2D eigenvalue weighted by Crippen LogP contribution is 2.23. The van der Waals surface area contributed by atoms with E-state index in [-0.39, 0.29) is 30.8 Å². The summed E-state index contributed by atoms with van der Waals surface area (Å²) >= 11 is 0. The van der Waals surface area contributed by atoms with Crippen LogP contribution in [0.4, 0.5) is 13.6 Å². The fourth-order valence-electron chi connectivity index (χ4n) is 1.96. The SMILES string of the molecule is CCc1nc(OC2CN(C(=O)OC(C)(C)C)C2)c(F)cc1F. The smallest absolute Gasteiger partial charge is 0.410 e. The molecule has 22 heavy (non-hydrogen) atoms. The quantitative estimate of drug-likeness (QED) is 0.861. The number of nitrogens with zero attached hydrogens (tertiary/aromatic N) is 2. The molecule has 0 N–H and O–H groups in total. The minimum Gasteiger partial charge on any atom is -0.468 e. The molecule has 1 aromatic heterocycles. The summed E-state index contributed by atoms with van der Waals surface area (Å²) in [6.45, 7) is 7.64. The minimum atomic E-state index is -0.842. The van der Waals surface area contributed by atoms with Crippen LogP contribution in [0.1, 0.15) is 33.4 Å². The van der Waals surface area contributed by atoms with Crippen molar-refractivity contribution < 1.29 is 23.0 Å². The first-order valence-electron chi connectivity index (χ1n) is 7.19. The van der Waals surface area contributed by atoms with Crippen molar-refractivity contribution in [3.8, 4) is 5.88 Å². The van der Waals surface area contributed by atoms with Crippen molar-refractivity contribution in [2.24, 2.45) is 0 Å². The molecule has 2 heterocycles. The van der Waals surface area contributed by atoms with Gasteiger partial charge in [0.15, 0.2) is 5.82 Å². The maximum atomic E-state index is 13.6. The third-order valence-electron chi connectivity index (χ3n) is 3.08. The summed E-state index contributed by atoms with van der Waals surface area (Å²) in [5.41, 5.74) is -0.413. The first-order chi connectivity index (χ1) is 10.2. The molecule has 0 atom stereocenters. The Balaban J connectivity index is 1.92. The Morgan fingerprint density at radius 3 is 2.55 bits per heavy atom. The summed E-state index contributed by atoms with van der Waals surface area (Å²) < 4.78 is 37.6. The summed E-state index contributed by atoms with van der Waals surface area (Å²) in [6, 6.07) is 0.769. The number of aryl methyl sites for hydroxylation is 1. The van der Waals surface area contributed by atoms with Crippen LogP contribution in [0.5, 0.6) is 5.88 Å². The highest BCUT2D eigenvalue weighted by molar-refractivity contribution is 5.69. The van der Waals surface area contributed by atoms with E-state index in [1.54, 1.807) is 27.7 Å². The van der Waals surface area contributed by atoms with E-state index in [1.165, 1.54) is 4.90 Å². The summed E-state index contributed by atoms with van der Waals surface area (Å²) in [6.07, 6.45) is -0.462. The lowest BCUT2D eigenvalue weighted by atomic mass is 10.1. The zero-order valence-corrected chi connectivity index (χ0v) is 13.2. The van der Waals surface area contributed by atoms with E-state index in [1.807, 2.05) is 0 Å². The largest absolute Gasteiger partial charge is 0.468 e. The Bertz CT molecular complexity index is 567. The van der Waals surface area contributed by atoms with Gasteiger partial charge in [0.2, 0.25) is 0 Å². The van der Waals surface area contributed by atoms with Gasteiger partial charge in [0, 0.05) is 6.07 Å². The third-order valence-corrected chi connectivity index (χ3v) is 3.08. The molecule has 7 heteroatoms. The number of amides is 1. The Labute approximate surface area is 128 Å². The molecule has 0 radical (unpaired) electrons. The first-order valence-corrected chi connectivity index (χ1v) is 7.19. The molecule has 0 saturated carbocycles. The standard InChI is InChI=1S/C15H20F2N2O3/c1-5-12-10(16)6-11(17)13(18-12)21-9-7-19(8-9)14(20)22-15(2,3)4/h6,9H,5,7-8H2,1-4H3. The van der Waals surface area contributed by atoms with E-state index in [4.69, 9.17) is 9.47 Å². The van der Waals surface area contributed by atoms with Gasteiger partial charge in [-0.25, -0.2) is 18.6 Å². The number of hydrogen-bond acceptors (Lipinski definition) is 4. The summed E-state index contributed by atoms with van der Waals surface area (Å²) in [5, 5.41) is 0. The highest BCUT2D eigenvalue weighted by atomic mass is 19.1. The molecule has 0 aromatic carbocycles. The Morgan fingerprint density at radius 2 is 2.00 bits per heavy atom. The molecule has 0 unspecified atom stereocenters. The number of ether oxygens (including phenoxy) is 2. The van der Waals surface area contributed by atoms with Gasteiger partial charge in [0.25, 0.3) is 5.88 Å². The average molecular weight is 314 g/mol. The van der Waals surface area contributed by atoms with Crippen LogP contribution >= 0.6 is 0 Å². The lowest BCUT2D eigenvalue weighted by molar-refractivity contribution is -0.0242. The molecule has 1 aromatic rings. The van der Waals surface area contributed by atoms with E-state index < -0.39 is 23.3 Å². The van der Waals surface area contributed by atoms with Crippen LogP contribution in [0.3, 0.4) is 0 Å². The molecule has 0 aliphatic carbocycles. The van der Waals surface area contributed by atoms with Crippen LogP contribution in [-0.4, -0.2) is 40.8 Å². The van der Waals surface area contributed by atoms with Gasteiger partial charge in [-0.15, -0.1) is 0 Å². The van der Waals surface area contributed by atoms with Crippen molar-refractivity contribution in [2.75, 3.05) is 13.1 Å². The van der Waals surface area contributed by atoms with E-state index in [9.17, 15) is 13.6 Å². The second-order valence-corrected chi connectivity index (χ2v) is 6.18. The van der Waals surface area contributed by atoms with Crippen molar-refractivity contribution in [3.63, 3.8) is 0 Å². The molecule has 0 bridgehead atoms. The molecule has 1 saturated heterocycles. The van der Waals surface area contributed by atoms with Crippen molar-refractivity contribution >= 4 is 6.09 Å². The molecule has 2 rings (SSSR count). The second kappa shape index (κ2) is 6.06. The highest BCUT2D eigenvalue weighted by Gasteiger charge is 2.36. The number of aromatic nitrogens is 1. The molecule has 5 nitrogen and oxygen atoms in total. The Hall–Kier alpha value is -1.92. The number of pyridine rings is 1. The molecule has 1 fully saturated rings. The molecule has 1 aliphatic rings. The predicted octanol–water partition coefficient (Wildman–Crippen LogP) is 2.92. The molecule has 122 valence electrons. The van der Waals surface area contributed by atoms with Crippen LogP contribution in [0.2, 0.25) is 0 Å². The Kier molecular flexibility index (Phi) is 4.53. The summed E-state index contributed by atoms with van der Waals surface area (Å²) in [7, 11) is 0. The number of hydrogen-bond donors (Lipinski definition) is 0. The van der Waals surface area contributed by atoms with Gasteiger partial charge in [0.1, 0.15) is 17.5 Å². The summed E-state index contributed by atoms with van der Waals surface area (Å²) in [5.74, 6) is -1.76. The van der Waals surface area contributed by atoms with Gasteiger partial charge >= 0.3 is 6.09 Å². The fourth-order valence-corrected chi connectivity index (χ4v) is 1.96. The zero-order valence-electron chi connectivity index (χ0n) is 13.2. The number of rotatable bonds is 3. The number of likely N-dealkylation sites (tertiary alicyclic amines) is 1. The first kappa shape index (κ1) is 16.5.